The summed E-state index contributed by atoms with van der Waals surface area (Å²) in [6.45, 7) is 2.14. The summed E-state index contributed by atoms with van der Waals surface area (Å²) in [6, 6.07) is 11.4. The van der Waals surface area contributed by atoms with Gasteiger partial charge in [0.1, 0.15) is 0 Å². The number of halogens is 1. The largest absolute Gasteiger partial charge is 0.166 e. The molecular formula is C10H13ClSi. The van der Waals surface area contributed by atoms with Crippen LogP contribution in [0, 0.1) is 0 Å². The summed E-state index contributed by atoms with van der Waals surface area (Å²) < 4.78 is 0. The Morgan fingerprint density at radius 3 is 2.58 bits per heavy atom. The molecule has 1 atom stereocenters. The summed E-state index contributed by atoms with van der Waals surface area (Å²) in [5.41, 5.74) is 3.40. The fraction of sp³-hybridized carbons (Fsp3) is 0.200. The van der Waals surface area contributed by atoms with Gasteiger partial charge < -0.3 is 0 Å². The van der Waals surface area contributed by atoms with Crippen LogP contribution in [-0.4, -0.2) is 8.11 Å². The maximum Gasteiger partial charge on any atom is 0.164 e. The summed E-state index contributed by atoms with van der Waals surface area (Å²) in [4.78, 5) is 0. The minimum atomic E-state index is -1.06. The first-order valence-corrected chi connectivity index (χ1v) is 7.43. The molecule has 0 aliphatic carbocycles. The summed E-state index contributed by atoms with van der Waals surface area (Å²) >= 11 is 6.07. The van der Waals surface area contributed by atoms with E-state index in [2.05, 4.69) is 30.8 Å². The monoisotopic (exact) mass is 196 g/mol. The van der Waals surface area contributed by atoms with Crippen LogP contribution in [-0.2, 0) is 0 Å². The molecule has 0 nitrogen and oxygen atoms in total. The average molecular weight is 197 g/mol. The number of hydrogen-bond acceptors (Lipinski definition) is 0. The molecule has 0 radical (unpaired) electrons. The molecule has 0 spiro atoms. The average Bonchev–Trinajstić information content (AvgIpc) is 2.16. The van der Waals surface area contributed by atoms with Gasteiger partial charge in [-0.2, -0.15) is 11.1 Å². The van der Waals surface area contributed by atoms with Crippen molar-refractivity contribution in [2.75, 3.05) is 0 Å². The quantitative estimate of drug-likeness (QED) is 0.515. The number of rotatable bonds is 3. The Kier molecular flexibility index (Phi) is 4.12. The van der Waals surface area contributed by atoms with Gasteiger partial charge in [0.25, 0.3) is 0 Å². The molecule has 0 heterocycles. The second kappa shape index (κ2) is 5.17. The van der Waals surface area contributed by atoms with Crippen molar-refractivity contribution in [3.8, 4) is 0 Å². The Labute approximate surface area is 80.2 Å². The Morgan fingerprint density at radius 1 is 1.33 bits per heavy atom. The molecular weight excluding hydrogens is 184 g/mol. The predicted octanol–water partition coefficient (Wildman–Crippen LogP) is 3.22. The SMILES string of the molecule is CC[SiH](Cl)C=Cc1ccccc1. The molecule has 0 N–H and O–H groups in total. The minimum absolute atomic E-state index is 1.06. The molecule has 0 saturated heterocycles. The molecule has 0 aliphatic heterocycles. The van der Waals surface area contributed by atoms with Gasteiger partial charge in [0.05, 0.1) is 0 Å². The fourth-order valence-corrected chi connectivity index (χ4v) is 1.84. The van der Waals surface area contributed by atoms with Gasteiger partial charge in [-0.25, -0.2) is 0 Å². The van der Waals surface area contributed by atoms with Crippen molar-refractivity contribution in [2.45, 2.75) is 13.0 Å². The van der Waals surface area contributed by atoms with Crippen molar-refractivity contribution in [1.29, 1.82) is 0 Å². The van der Waals surface area contributed by atoms with E-state index >= 15 is 0 Å². The highest BCUT2D eigenvalue weighted by molar-refractivity contribution is 7.10. The van der Waals surface area contributed by atoms with E-state index in [1.165, 1.54) is 5.56 Å². The van der Waals surface area contributed by atoms with Crippen molar-refractivity contribution in [1.82, 2.24) is 0 Å². The second-order valence-corrected chi connectivity index (χ2v) is 6.61. The Hall–Kier alpha value is -0.533. The van der Waals surface area contributed by atoms with Crippen LogP contribution in [0.4, 0.5) is 0 Å². The van der Waals surface area contributed by atoms with E-state index in [0.29, 0.717) is 0 Å². The van der Waals surface area contributed by atoms with Crippen LogP contribution in [0.5, 0.6) is 0 Å². The summed E-state index contributed by atoms with van der Waals surface area (Å²) in [5, 5.41) is 0. The minimum Gasteiger partial charge on any atom is -0.166 e. The first-order chi connectivity index (χ1) is 5.83. The first-order valence-electron chi connectivity index (χ1n) is 4.20. The van der Waals surface area contributed by atoms with Crippen molar-refractivity contribution >= 4 is 25.3 Å². The number of hydrogen-bond donors (Lipinski definition) is 0. The molecule has 1 rings (SSSR count). The van der Waals surface area contributed by atoms with Gasteiger partial charge in [0, 0.05) is 0 Å². The standard InChI is InChI=1S/C10H13ClSi/c1-2-12(11)9-8-10-6-4-3-5-7-10/h3-9,12H,2H2,1H3. The van der Waals surface area contributed by atoms with Crippen LogP contribution in [0.15, 0.2) is 36.0 Å². The van der Waals surface area contributed by atoms with Gasteiger partial charge >= 0.3 is 0 Å². The summed E-state index contributed by atoms with van der Waals surface area (Å²) in [7, 11) is -1.06. The molecule has 1 unspecified atom stereocenters. The third-order valence-corrected chi connectivity index (χ3v) is 4.44. The van der Waals surface area contributed by atoms with Crippen LogP contribution in [0.3, 0.4) is 0 Å². The lowest BCUT2D eigenvalue weighted by atomic mass is 10.2. The van der Waals surface area contributed by atoms with Gasteiger partial charge in [-0.15, -0.1) is 0 Å². The van der Waals surface area contributed by atoms with E-state index < -0.39 is 8.11 Å². The van der Waals surface area contributed by atoms with Crippen molar-refractivity contribution < 1.29 is 0 Å². The normalized spacial score (nSPS) is 13.5. The fourth-order valence-electron chi connectivity index (χ4n) is 0.916. The van der Waals surface area contributed by atoms with E-state index in [-0.39, 0.29) is 0 Å². The van der Waals surface area contributed by atoms with Crippen LogP contribution in [0.25, 0.3) is 6.08 Å². The third-order valence-electron chi connectivity index (χ3n) is 1.69. The molecule has 0 aromatic heterocycles. The van der Waals surface area contributed by atoms with E-state index in [4.69, 9.17) is 11.1 Å². The smallest absolute Gasteiger partial charge is 0.164 e. The molecule has 0 saturated carbocycles. The highest BCUT2D eigenvalue weighted by Gasteiger charge is 1.95. The first kappa shape index (κ1) is 9.55. The third kappa shape index (κ3) is 3.24. The van der Waals surface area contributed by atoms with Crippen LogP contribution < -0.4 is 0 Å². The molecule has 1 aromatic carbocycles. The molecule has 0 amide bonds. The van der Waals surface area contributed by atoms with E-state index in [1.807, 2.05) is 18.2 Å². The van der Waals surface area contributed by atoms with Gasteiger partial charge in [0.2, 0.25) is 0 Å². The number of benzene rings is 1. The molecule has 64 valence electrons. The lowest BCUT2D eigenvalue weighted by Gasteiger charge is -1.94. The van der Waals surface area contributed by atoms with Crippen LogP contribution >= 0.6 is 11.1 Å². The van der Waals surface area contributed by atoms with Crippen LogP contribution in [0.2, 0.25) is 6.04 Å². The van der Waals surface area contributed by atoms with E-state index in [1.54, 1.807) is 0 Å². The maximum atomic E-state index is 6.07. The zero-order chi connectivity index (χ0) is 8.81. The highest BCUT2D eigenvalue weighted by atomic mass is 35.6. The van der Waals surface area contributed by atoms with Gasteiger partial charge in [0.15, 0.2) is 8.11 Å². The Bertz CT molecular complexity index is 243. The summed E-state index contributed by atoms with van der Waals surface area (Å²) in [6.07, 6.45) is 2.12. The highest BCUT2D eigenvalue weighted by Crippen LogP contribution is 2.05. The molecule has 0 aliphatic rings. The van der Waals surface area contributed by atoms with Gasteiger partial charge in [-0.1, -0.05) is 49.0 Å². The predicted molar refractivity (Wildman–Crippen MR) is 59.0 cm³/mol. The van der Waals surface area contributed by atoms with E-state index in [0.717, 1.165) is 6.04 Å². The lowest BCUT2D eigenvalue weighted by molar-refractivity contribution is 1.45. The molecule has 12 heavy (non-hydrogen) atoms. The van der Waals surface area contributed by atoms with Crippen molar-refractivity contribution in [3.63, 3.8) is 0 Å². The van der Waals surface area contributed by atoms with Gasteiger partial charge in [-0.3, -0.25) is 0 Å². The Balaban J connectivity index is 2.58. The molecule has 2 heteroatoms. The van der Waals surface area contributed by atoms with Crippen molar-refractivity contribution in [2.24, 2.45) is 0 Å². The molecule has 1 aromatic rings. The zero-order valence-electron chi connectivity index (χ0n) is 7.20. The lowest BCUT2D eigenvalue weighted by Crippen LogP contribution is -1.94. The Morgan fingerprint density at radius 2 is 2.00 bits per heavy atom. The summed E-state index contributed by atoms with van der Waals surface area (Å²) in [5.74, 6) is 0. The van der Waals surface area contributed by atoms with E-state index in [9.17, 15) is 0 Å². The van der Waals surface area contributed by atoms with Crippen LogP contribution in [0.1, 0.15) is 12.5 Å². The second-order valence-electron chi connectivity index (χ2n) is 2.69. The molecule has 0 bridgehead atoms. The van der Waals surface area contributed by atoms with Gasteiger partial charge in [-0.05, 0) is 11.6 Å². The zero-order valence-corrected chi connectivity index (χ0v) is 9.11. The molecule has 0 fully saturated rings. The maximum absolute atomic E-state index is 6.07. The van der Waals surface area contributed by atoms with Crippen molar-refractivity contribution in [3.05, 3.63) is 41.6 Å². The topological polar surface area (TPSA) is 0 Å².